The number of ketones is 1. The Hall–Kier alpha value is -2.85. The molecular weight excluding hydrogens is 458 g/mol. The summed E-state index contributed by atoms with van der Waals surface area (Å²) >= 11 is 7.17. The zero-order chi connectivity index (χ0) is 22.8. The van der Waals surface area contributed by atoms with Gasteiger partial charge in [0, 0.05) is 29.4 Å². The number of aliphatic imine (C=N–C) groups is 1. The van der Waals surface area contributed by atoms with Crippen molar-refractivity contribution in [2.75, 3.05) is 5.32 Å². The summed E-state index contributed by atoms with van der Waals surface area (Å²) in [4.78, 5) is 29.3. The molecule has 1 aromatic carbocycles. The van der Waals surface area contributed by atoms with Gasteiger partial charge in [0.15, 0.2) is 22.6 Å². The van der Waals surface area contributed by atoms with E-state index in [0.29, 0.717) is 28.3 Å². The number of carbonyl (C=O) groups excluding carboxylic acids is 1. The number of rotatable bonds is 4. The largest absolute Gasteiger partial charge is 0.378 e. The number of Topliss-reactive ketones (excluding diaryl/α,β-unsaturated/α-hetero) is 1. The predicted octanol–water partition coefficient (Wildman–Crippen LogP) is 4.32. The highest BCUT2D eigenvalue weighted by molar-refractivity contribution is 8.15. The van der Waals surface area contributed by atoms with Crippen LogP contribution in [0.3, 0.4) is 0 Å². The van der Waals surface area contributed by atoms with Gasteiger partial charge >= 0.3 is 0 Å². The lowest BCUT2D eigenvalue weighted by molar-refractivity contribution is -0.117. The Labute approximate surface area is 190 Å². The molecule has 1 aliphatic heterocycles. The molecule has 3 N–H and O–H groups in total. The first-order valence-electron chi connectivity index (χ1n) is 9.72. The molecule has 1 aliphatic carbocycles. The monoisotopic (exact) mass is 474 g/mol. The van der Waals surface area contributed by atoms with Crippen molar-refractivity contribution in [3.63, 3.8) is 0 Å². The first-order chi connectivity index (χ1) is 15.1. The minimum Gasteiger partial charge on any atom is -0.378 e. The van der Waals surface area contributed by atoms with Crippen molar-refractivity contribution < 1.29 is 13.6 Å². The van der Waals surface area contributed by atoms with Crippen LogP contribution in [0.1, 0.15) is 25.8 Å². The summed E-state index contributed by atoms with van der Waals surface area (Å²) in [6.45, 7) is 3.17. The molecule has 5 rings (SSSR count). The molecule has 0 spiro atoms. The third-order valence-corrected chi connectivity index (χ3v) is 7.70. The molecule has 3 aromatic rings. The summed E-state index contributed by atoms with van der Waals surface area (Å²) in [5.41, 5.74) is 6.00. The van der Waals surface area contributed by atoms with E-state index >= 15 is 4.39 Å². The van der Waals surface area contributed by atoms with Crippen molar-refractivity contribution >= 4 is 56.9 Å². The molecule has 1 fully saturated rings. The Balaban J connectivity index is 1.60. The van der Waals surface area contributed by atoms with E-state index in [-0.39, 0.29) is 28.1 Å². The number of amidine groups is 1. The van der Waals surface area contributed by atoms with E-state index in [1.165, 1.54) is 37.3 Å². The van der Waals surface area contributed by atoms with E-state index in [1.54, 1.807) is 13.0 Å². The second-order valence-electron chi connectivity index (χ2n) is 8.09. The molecular formula is C21H17ClF2N6OS. The van der Waals surface area contributed by atoms with Crippen LogP contribution < -0.4 is 11.1 Å². The molecule has 0 unspecified atom stereocenters. The molecule has 3 heterocycles. The maximum atomic E-state index is 15.0. The van der Waals surface area contributed by atoms with Gasteiger partial charge < -0.3 is 11.1 Å². The van der Waals surface area contributed by atoms with Gasteiger partial charge in [0.25, 0.3) is 0 Å². The third-order valence-electron chi connectivity index (χ3n) is 6.09. The second-order valence-corrected chi connectivity index (χ2v) is 9.88. The average molecular weight is 475 g/mol. The molecule has 0 amide bonds. The van der Waals surface area contributed by atoms with E-state index in [9.17, 15) is 9.18 Å². The van der Waals surface area contributed by atoms with Gasteiger partial charge in [0.2, 0.25) is 0 Å². The SMILES string of the molecule is CC(=O)[C@@]12C[C@H]1[C@@](C)(c1cc(Nc3ncnc4cc(Cl)cnc34)cc(F)c1F)N=C(N)S2. The lowest BCUT2D eigenvalue weighted by Crippen LogP contribution is -2.38. The first-order valence-corrected chi connectivity index (χ1v) is 10.9. The number of nitrogens with two attached hydrogens (primary N) is 1. The Kier molecular flexibility index (Phi) is 4.65. The van der Waals surface area contributed by atoms with Gasteiger partial charge in [-0.15, -0.1) is 0 Å². The summed E-state index contributed by atoms with van der Waals surface area (Å²) in [5.74, 6) is -2.12. The van der Waals surface area contributed by atoms with Crippen molar-refractivity contribution in [3.05, 3.63) is 52.9 Å². The fourth-order valence-electron chi connectivity index (χ4n) is 4.41. The number of thioether (sulfide) groups is 1. The molecule has 11 heteroatoms. The van der Waals surface area contributed by atoms with Crippen LogP contribution in [-0.4, -0.2) is 30.6 Å². The minimum atomic E-state index is -1.19. The quantitative estimate of drug-likeness (QED) is 0.579. The van der Waals surface area contributed by atoms with Gasteiger partial charge in [-0.05, 0) is 32.4 Å². The molecule has 1 saturated carbocycles. The number of hydrogen-bond donors (Lipinski definition) is 2. The smallest absolute Gasteiger partial charge is 0.164 e. The van der Waals surface area contributed by atoms with Crippen LogP contribution >= 0.6 is 23.4 Å². The van der Waals surface area contributed by atoms with Crippen LogP contribution in [0.2, 0.25) is 5.02 Å². The van der Waals surface area contributed by atoms with Gasteiger partial charge in [-0.3, -0.25) is 9.79 Å². The standard InChI is InChI=1S/C21H17ClF2N6OS/c1-9(31)21-6-15(21)20(2,30-19(25)32-21)12-4-11(5-13(23)16(12)24)29-18-17-14(27-8-28-18)3-10(22)7-26-17/h3-5,7-8,15H,6H2,1-2H3,(H2,25,30)(H,27,28,29)/t15-,20+,21-/m0/s1. The fraction of sp³-hybridized carbons (Fsp3) is 0.286. The Morgan fingerprint density at radius 3 is 2.81 bits per heavy atom. The average Bonchev–Trinajstić information content (AvgIpc) is 3.47. The number of nitrogens with zero attached hydrogens (tertiary/aromatic N) is 4. The van der Waals surface area contributed by atoms with Crippen molar-refractivity contribution in [1.82, 2.24) is 15.0 Å². The zero-order valence-corrected chi connectivity index (χ0v) is 18.6. The number of benzene rings is 1. The number of anilines is 2. The fourth-order valence-corrected chi connectivity index (χ4v) is 5.94. The van der Waals surface area contributed by atoms with Gasteiger partial charge in [-0.25, -0.2) is 23.7 Å². The van der Waals surface area contributed by atoms with Crippen LogP contribution in [0.5, 0.6) is 0 Å². The highest BCUT2D eigenvalue weighted by Gasteiger charge is 2.69. The molecule has 0 saturated heterocycles. The minimum absolute atomic E-state index is 0.0192. The van der Waals surface area contributed by atoms with Gasteiger partial charge in [-0.1, -0.05) is 23.4 Å². The molecule has 3 atom stereocenters. The summed E-state index contributed by atoms with van der Waals surface area (Å²) < 4.78 is 29.0. The summed E-state index contributed by atoms with van der Waals surface area (Å²) in [6.07, 6.45) is 3.26. The zero-order valence-electron chi connectivity index (χ0n) is 17.0. The van der Waals surface area contributed by atoms with Crippen LogP contribution in [-0.2, 0) is 10.3 Å². The maximum absolute atomic E-state index is 15.0. The molecule has 0 bridgehead atoms. The van der Waals surface area contributed by atoms with Crippen molar-refractivity contribution in [1.29, 1.82) is 0 Å². The predicted molar refractivity (Wildman–Crippen MR) is 120 cm³/mol. The number of aromatic nitrogens is 3. The summed E-state index contributed by atoms with van der Waals surface area (Å²) in [7, 11) is 0. The molecule has 32 heavy (non-hydrogen) atoms. The van der Waals surface area contributed by atoms with Gasteiger partial charge in [0.05, 0.1) is 20.8 Å². The van der Waals surface area contributed by atoms with Crippen molar-refractivity contribution in [2.24, 2.45) is 16.6 Å². The molecule has 2 aliphatic rings. The second kappa shape index (κ2) is 7.08. The first kappa shape index (κ1) is 21.0. The van der Waals surface area contributed by atoms with Crippen LogP contribution in [0.4, 0.5) is 20.3 Å². The van der Waals surface area contributed by atoms with Crippen molar-refractivity contribution in [3.8, 4) is 0 Å². The Morgan fingerprint density at radius 1 is 1.28 bits per heavy atom. The molecule has 0 radical (unpaired) electrons. The molecule has 2 aromatic heterocycles. The number of pyridine rings is 1. The summed E-state index contributed by atoms with van der Waals surface area (Å²) in [5, 5.41) is 3.58. The van der Waals surface area contributed by atoms with Gasteiger partial charge in [-0.2, -0.15) is 0 Å². The van der Waals surface area contributed by atoms with Crippen LogP contribution in [0, 0.1) is 17.6 Å². The number of fused-ring (bicyclic) bond motifs is 2. The molecule has 164 valence electrons. The van der Waals surface area contributed by atoms with E-state index in [2.05, 4.69) is 25.3 Å². The van der Waals surface area contributed by atoms with Crippen LogP contribution in [0.25, 0.3) is 11.0 Å². The van der Waals surface area contributed by atoms with E-state index < -0.39 is 21.9 Å². The maximum Gasteiger partial charge on any atom is 0.164 e. The van der Waals surface area contributed by atoms with E-state index in [4.69, 9.17) is 17.3 Å². The lowest BCUT2D eigenvalue weighted by Gasteiger charge is -2.33. The Morgan fingerprint density at radius 2 is 2.06 bits per heavy atom. The third kappa shape index (κ3) is 3.12. The number of hydrogen-bond acceptors (Lipinski definition) is 8. The highest BCUT2D eigenvalue weighted by Crippen LogP contribution is 2.66. The highest BCUT2D eigenvalue weighted by atomic mass is 35.5. The Bertz CT molecular complexity index is 1340. The number of halogens is 3. The van der Waals surface area contributed by atoms with E-state index in [1.807, 2.05) is 0 Å². The van der Waals surface area contributed by atoms with Gasteiger partial charge in [0.1, 0.15) is 17.6 Å². The number of carbonyl (C=O) groups is 1. The topological polar surface area (TPSA) is 106 Å². The normalized spacial score (nSPS) is 26.4. The molecule has 7 nitrogen and oxygen atoms in total. The van der Waals surface area contributed by atoms with Crippen LogP contribution in [0.15, 0.2) is 35.7 Å². The van der Waals surface area contributed by atoms with Crippen molar-refractivity contribution in [2.45, 2.75) is 30.6 Å². The summed E-state index contributed by atoms with van der Waals surface area (Å²) in [6, 6.07) is 4.13. The van der Waals surface area contributed by atoms with E-state index in [0.717, 1.165) is 6.07 Å². The number of nitrogens with one attached hydrogen (secondary N) is 1. The lowest BCUT2D eigenvalue weighted by atomic mass is 9.85.